The van der Waals surface area contributed by atoms with Crippen molar-refractivity contribution >= 4 is 10.9 Å². The zero-order chi connectivity index (χ0) is 34.1. The van der Waals surface area contributed by atoms with Crippen molar-refractivity contribution in [2.45, 2.75) is 63.9 Å². The second-order valence-corrected chi connectivity index (χ2v) is 12.8. The molecule has 0 spiro atoms. The maximum atomic E-state index is 15.2. The predicted octanol–water partition coefficient (Wildman–Crippen LogP) is 9.03. The van der Waals surface area contributed by atoms with Gasteiger partial charge < -0.3 is 28.7 Å². The number of aromatic amines is 1. The quantitative estimate of drug-likeness (QED) is 0.125. The minimum absolute atomic E-state index is 0.247. The molecule has 2 heterocycles. The van der Waals surface area contributed by atoms with E-state index in [0.29, 0.717) is 31.9 Å². The van der Waals surface area contributed by atoms with Crippen LogP contribution in [0.4, 0.5) is 4.39 Å². The second kappa shape index (κ2) is 16.4. The number of ether oxygens (including phenoxy) is 5. The summed E-state index contributed by atoms with van der Waals surface area (Å²) < 4.78 is 49.1. The molecule has 1 aliphatic rings. The first kappa shape index (κ1) is 33.8. The fourth-order valence-corrected chi connectivity index (χ4v) is 6.62. The number of nitrogens with one attached hydrogen (secondary N) is 1. The van der Waals surface area contributed by atoms with E-state index in [1.165, 1.54) is 6.07 Å². The Labute approximate surface area is 292 Å². The first-order valence-electron chi connectivity index (χ1n) is 17.1. The average Bonchev–Trinajstić information content (AvgIpc) is 3.58. The molecule has 0 radical (unpaired) electrons. The van der Waals surface area contributed by atoms with Gasteiger partial charge in [-0.15, -0.1) is 0 Å². The molecular weight excluding hydrogens is 629 g/mol. The first-order chi connectivity index (χ1) is 24.6. The number of hydrogen-bond acceptors (Lipinski definition) is 5. The van der Waals surface area contributed by atoms with Gasteiger partial charge in [0.05, 0.1) is 38.6 Å². The van der Waals surface area contributed by atoms with Gasteiger partial charge in [-0.25, -0.2) is 4.39 Å². The van der Waals surface area contributed by atoms with Crippen LogP contribution in [-0.4, -0.2) is 36.0 Å². The molecule has 1 fully saturated rings. The molecule has 0 saturated carbocycles. The van der Waals surface area contributed by atoms with Crippen molar-refractivity contribution in [3.63, 3.8) is 0 Å². The normalized spacial score (nSPS) is 20.6. The third-order valence-electron chi connectivity index (χ3n) is 9.11. The van der Waals surface area contributed by atoms with Crippen molar-refractivity contribution < 1.29 is 28.1 Å². The van der Waals surface area contributed by atoms with E-state index in [-0.39, 0.29) is 12.4 Å². The second-order valence-electron chi connectivity index (χ2n) is 12.8. The summed E-state index contributed by atoms with van der Waals surface area (Å²) in [5.41, 5.74) is 6.18. The molecule has 1 N–H and O–H groups in total. The molecular formula is C43H42FNO5. The average molecular weight is 672 g/mol. The molecule has 1 aliphatic heterocycles. The Morgan fingerprint density at radius 2 is 1.08 bits per heavy atom. The molecule has 256 valence electrons. The van der Waals surface area contributed by atoms with Crippen LogP contribution >= 0.6 is 0 Å². The molecule has 7 heteroatoms. The summed E-state index contributed by atoms with van der Waals surface area (Å²) in [6.07, 6.45) is -1.09. The third kappa shape index (κ3) is 8.21. The number of aromatic nitrogens is 1. The van der Waals surface area contributed by atoms with Crippen LogP contribution in [0.3, 0.4) is 0 Å². The molecule has 6 nitrogen and oxygen atoms in total. The maximum absolute atomic E-state index is 15.2. The van der Waals surface area contributed by atoms with Crippen molar-refractivity contribution in [1.82, 2.24) is 4.98 Å². The Morgan fingerprint density at radius 3 is 1.62 bits per heavy atom. The lowest BCUT2D eigenvalue weighted by Crippen LogP contribution is -2.58. The highest BCUT2D eigenvalue weighted by molar-refractivity contribution is 5.85. The number of benzene rings is 5. The highest BCUT2D eigenvalue weighted by Gasteiger charge is 2.49. The van der Waals surface area contributed by atoms with Gasteiger partial charge in [-0.3, -0.25) is 0 Å². The molecule has 5 aromatic carbocycles. The van der Waals surface area contributed by atoms with E-state index in [2.05, 4.69) is 4.98 Å². The highest BCUT2D eigenvalue weighted by atomic mass is 19.1. The van der Waals surface area contributed by atoms with Crippen molar-refractivity contribution in [3.05, 3.63) is 179 Å². The molecule has 1 aromatic heterocycles. The van der Waals surface area contributed by atoms with Gasteiger partial charge in [-0.2, -0.15) is 0 Å². The van der Waals surface area contributed by atoms with Crippen molar-refractivity contribution in [2.24, 2.45) is 0 Å². The minimum atomic E-state index is -0.628. The van der Waals surface area contributed by atoms with Crippen LogP contribution in [-0.2, 0) is 50.1 Å². The van der Waals surface area contributed by atoms with Crippen LogP contribution in [0.25, 0.3) is 10.9 Å². The number of H-pyrrole nitrogens is 1. The van der Waals surface area contributed by atoms with E-state index in [0.717, 1.165) is 38.8 Å². The van der Waals surface area contributed by atoms with Gasteiger partial charge in [0.1, 0.15) is 36.3 Å². The first-order valence-corrected chi connectivity index (χ1v) is 17.1. The molecule has 7 rings (SSSR count). The molecule has 0 bridgehead atoms. The lowest BCUT2D eigenvalue weighted by atomic mass is 9.90. The van der Waals surface area contributed by atoms with Crippen LogP contribution < -0.4 is 0 Å². The van der Waals surface area contributed by atoms with Gasteiger partial charge in [0.25, 0.3) is 0 Å². The Morgan fingerprint density at radius 1 is 0.600 bits per heavy atom. The largest absolute Gasteiger partial charge is 0.374 e. The van der Waals surface area contributed by atoms with Crippen LogP contribution in [0.5, 0.6) is 0 Å². The van der Waals surface area contributed by atoms with Crippen molar-refractivity contribution in [1.29, 1.82) is 0 Å². The summed E-state index contributed by atoms with van der Waals surface area (Å²) >= 11 is 0. The van der Waals surface area contributed by atoms with Crippen LogP contribution in [0.2, 0.25) is 0 Å². The summed E-state index contributed by atoms with van der Waals surface area (Å²) in [5.74, 6) is -0.312. The van der Waals surface area contributed by atoms with Crippen molar-refractivity contribution in [3.8, 4) is 0 Å². The molecule has 0 amide bonds. The lowest BCUT2D eigenvalue weighted by molar-refractivity contribution is -0.274. The van der Waals surface area contributed by atoms with E-state index >= 15 is 4.39 Å². The van der Waals surface area contributed by atoms with E-state index in [4.69, 9.17) is 23.7 Å². The van der Waals surface area contributed by atoms with Gasteiger partial charge >= 0.3 is 0 Å². The number of rotatable bonds is 14. The van der Waals surface area contributed by atoms with Gasteiger partial charge in [0.15, 0.2) is 0 Å². The summed E-state index contributed by atoms with van der Waals surface area (Å²) in [6, 6.07) is 43.8. The topological polar surface area (TPSA) is 61.9 Å². The van der Waals surface area contributed by atoms with E-state index in [9.17, 15) is 0 Å². The van der Waals surface area contributed by atoms with Gasteiger partial charge in [0, 0.05) is 17.1 Å². The van der Waals surface area contributed by atoms with Crippen molar-refractivity contribution in [2.75, 3.05) is 6.61 Å². The SMILES string of the molecule is Cc1cc(F)c2[nH]cc([C@@H]3O[C@H](COCc4ccccc4)C(OCc4ccccc4)[C@H](OCc4ccccc4)C3OCc3ccccc3)c2c1. The Kier molecular flexibility index (Phi) is 11.1. The standard InChI is InChI=1S/C43H42FNO5/c1-30-22-35-36(24-45-39(35)37(44)23-30)40-42(48-27-33-18-10-4-11-19-33)43(49-28-34-20-12-5-13-21-34)41(47-26-32-16-8-3-9-17-32)38(50-40)29-46-25-31-14-6-2-7-15-31/h2-24,38,40-43,45H,25-29H2,1H3/t38-,40+,41?,42?,43+/m1/s1. The summed E-state index contributed by atoms with van der Waals surface area (Å²) in [5, 5.41) is 0.746. The van der Waals surface area contributed by atoms with E-state index in [1.54, 1.807) is 0 Å². The smallest absolute Gasteiger partial charge is 0.147 e. The minimum Gasteiger partial charge on any atom is -0.374 e. The molecule has 0 aliphatic carbocycles. The molecule has 2 unspecified atom stereocenters. The van der Waals surface area contributed by atoms with Crippen LogP contribution in [0.1, 0.15) is 39.5 Å². The molecule has 50 heavy (non-hydrogen) atoms. The summed E-state index contributed by atoms with van der Waals surface area (Å²) in [4.78, 5) is 3.17. The van der Waals surface area contributed by atoms with Crippen LogP contribution in [0, 0.1) is 12.7 Å². The van der Waals surface area contributed by atoms with Gasteiger partial charge in [-0.05, 0) is 46.9 Å². The summed E-state index contributed by atoms with van der Waals surface area (Å²) in [7, 11) is 0. The van der Waals surface area contributed by atoms with Gasteiger partial charge in [0.2, 0.25) is 0 Å². The van der Waals surface area contributed by atoms with E-state index in [1.807, 2.05) is 141 Å². The summed E-state index contributed by atoms with van der Waals surface area (Å²) in [6.45, 7) is 3.57. The molecule has 5 atom stereocenters. The highest BCUT2D eigenvalue weighted by Crippen LogP contribution is 2.41. The Balaban J connectivity index is 1.28. The van der Waals surface area contributed by atoms with E-state index < -0.39 is 30.5 Å². The third-order valence-corrected chi connectivity index (χ3v) is 9.11. The number of aryl methyl sites for hydroxylation is 1. The fourth-order valence-electron chi connectivity index (χ4n) is 6.62. The Hall–Kier alpha value is -4.63. The van der Waals surface area contributed by atoms with Crippen LogP contribution in [0.15, 0.2) is 140 Å². The number of halogens is 1. The number of fused-ring (bicyclic) bond motifs is 1. The molecule has 6 aromatic rings. The zero-order valence-electron chi connectivity index (χ0n) is 28.1. The number of hydrogen-bond donors (Lipinski definition) is 1. The maximum Gasteiger partial charge on any atom is 0.147 e. The lowest BCUT2D eigenvalue weighted by Gasteiger charge is -2.46. The monoisotopic (exact) mass is 671 g/mol. The molecule has 1 saturated heterocycles. The predicted molar refractivity (Wildman–Crippen MR) is 192 cm³/mol. The fraction of sp³-hybridized carbons (Fsp3) is 0.256. The zero-order valence-corrected chi connectivity index (χ0v) is 28.1. The van der Waals surface area contributed by atoms with Gasteiger partial charge in [-0.1, -0.05) is 121 Å². The Bertz CT molecular complexity index is 1920.